The highest BCUT2D eigenvalue weighted by molar-refractivity contribution is 7.92. The Labute approximate surface area is 177 Å². The van der Waals surface area contributed by atoms with Crippen LogP contribution in [0.25, 0.3) is 11.0 Å². The van der Waals surface area contributed by atoms with Gasteiger partial charge in [0.2, 0.25) is 15.8 Å². The summed E-state index contributed by atoms with van der Waals surface area (Å²) < 4.78 is 55.4. The van der Waals surface area contributed by atoms with Gasteiger partial charge in [0.1, 0.15) is 11.5 Å². The summed E-state index contributed by atoms with van der Waals surface area (Å²) in [5.41, 5.74) is -0.350. The van der Waals surface area contributed by atoms with E-state index in [4.69, 9.17) is 0 Å². The molecule has 0 saturated carbocycles. The fraction of sp³-hybridized carbons (Fsp3) is 0.238. The van der Waals surface area contributed by atoms with Crippen molar-refractivity contribution in [2.75, 3.05) is 10.5 Å². The second-order valence-electron chi connectivity index (χ2n) is 7.04. The minimum atomic E-state index is -3.84. The molecular formula is C21H21F2N3O4S. The Kier molecular flexibility index (Phi) is 6.40. The number of hydrogen-bond acceptors (Lipinski definition) is 5. The van der Waals surface area contributed by atoms with Gasteiger partial charge in [-0.15, -0.1) is 0 Å². The molecule has 0 saturated heterocycles. The molecule has 164 valence electrons. The smallest absolute Gasteiger partial charge is 0.232 e. The normalized spacial score (nSPS) is 11.6. The molecule has 0 bridgehead atoms. The van der Waals surface area contributed by atoms with Crippen LogP contribution in [0.3, 0.4) is 0 Å². The first-order valence-electron chi connectivity index (χ1n) is 9.49. The molecule has 0 atom stereocenters. The molecule has 1 aromatic carbocycles. The van der Waals surface area contributed by atoms with E-state index in [1.165, 1.54) is 6.20 Å². The number of carbonyl (C=O) groups excluding carboxylic acids is 1. The maximum absolute atomic E-state index is 15.0. The van der Waals surface area contributed by atoms with Crippen molar-refractivity contribution < 1.29 is 27.1 Å². The Hall–Kier alpha value is -3.27. The number of halogens is 2. The van der Waals surface area contributed by atoms with Crippen LogP contribution in [0.2, 0.25) is 0 Å². The van der Waals surface area contributed by atoms with Crippen LogP contribution < -0.4 is 4.72 Å². The molecule has 0 fully saturated rings. The monoisotopic (exact) mass is 449 g/mol. The van der Waals surface area contributed by atoms with Crippen LogP contribution in [0.15, 0.2) is 42.9 Å². The van der Waals surface area contributed by atoms with Crippen LogP contribution >= 0.6 is 0 Å². The molecule has 7 nitrogen and oxygen atoms in total. The largest absolute Gasteiger partial charge is 0.513 e. The number of rotatable bonds is 9. The highest BCUT2D eigenvalue weighted by atomic mass is 32.2. The maximum atomic E-state index is 15.0. The number of hydrogen-bond donors (Lipinski definition) is 3. The Morgan fingerprint density at radius 1 is 1.32 bits per heavy atom. The summed E-state index contributed by atoms with van der Waals surface area (Å²) in [6, 6.07) is 3.41. The lowest BCUT2D eigenvalue weighted by Crippen LogP contribution is -2.18. The number of ketones is 1. The first kappa shape index (κ1) is 22.4. The van der Waals surface area contributed by atoms with Crippen LogP contribution in [0.1, 0.15) is 41.3 Å². The minimum absolute atomic E-state index is 0.00283. The highest BCUT2D eigenvalue weighted by Gasteiger charge is 2.25. The Bertz CT molecular complexity index is 1270. The molecule has 31 heavy (non-hydrogen) atoms. The van der Waals surface area contributed by atoms with E-state index in [0.29, 0.717) is 35.9 Å². The quantitative estimate of drug-likeness (QED) is 0.334. The van der Waals surface area contributed by atoms with Gasteiger partial charge in [-0.3, -0.25) is 9.52 Å². The molecule has 0 aliphatic rings. The van der Waals surface area contributed by atoms with Gasteiger partial charge in [-0.2, -0.15) is 0 Å². The SMILES string of the molecule is C=C(O)CCc1cnc2[nH]cc(C(=O)c3c(F)ccc(NS(=O)(=O)CCC)c3F)c2c1. The number of carbonyl (C=O) groups is 1. The Balaban J connectivity index is 2.02. The molecule has 0 radical (unpaired) electrons. The van der Waals surface area contributed by atoms with Crippen LogP contribution in [-0.4, -0.2) is 35.0 Å². The number of anilines is 1. The van der Waals surface area contributed by atoms with Crippen molar-refractivity contribution in [2.45, 2.75) is 26.2 Å². The van der Waals surface area contributed by atoms with Crippen molar-refractivity contribution in [1.82, 2.24) is 9.97 Å². The lowest BCUT2D eigenvalue weighted by molar-refractivity contribution is 0.103. The number of fused-ring (bicyclic) bond motifs is 1. The Morgan fingerprint density at radius 2 is 2.06 bits per heavy atom. The van der Waals surface area contributed by atoms with Crippen molar-refractivity contribution in [3.8, 4) is 0 Å². The van der Waals surface area contributed by atoms with E-state index in [2.05, 4.69) is 21.3 Å². The van der Waals surface area contributed by atoms with E-state index < -0.39 is 38.7 Å². The molecule has 2 aromatic heterocycles. The van der Waals surface area contributed by atoms with Gasteiger partial charge < -0.3 is 10.1 Å². The number of H-pyrrole nitrogens is 1. The second-order valence-corrected chi connectivity index (χ2v) is 8.88. The molecule has 10 heteroatoms. The lowest BCUT2D eigenvalue weighted by Gasteiger charge is -2.11. The number of aromatic nitrogens is 2. The molecule has 0 amide bonds. The van der Waals surface area contributed by atoms with Gasteiger partial charge in [0, 0.05) is 29.8 Å². The number of aliphatic hydroxyl groups excluding tert-OH is 1. The van der Waals surface area contributed by atoms with Gasteiger partial charge >= 0.3 is 0 Å². The van der Waals surface area contributed by atoms with E-state index in [9.17, 15) is 27.1 Å². The predicted molar refractivity (Wildman–Crippen MR) is 114 cm³/mol. The molecule has 0 aliphatic carbocycles. The van der Waals surface area contributed by atoms with E-state index in [1.807, 2.05) is 0 Å². The van der Waals surface area contributed by atoms with Gasteiger partial charge in [-0.25, -0.2) is 22.2 Å². The van der Waals surface area contributed by atoms with Crippen molar-refractivity contribution in [1.29, 1.82) is 0 Å². The first-order valence-corrected chi connectivity index (χ1v) is 11.1. The number of aliphatic hydroxyl groups is 1. The van der Waals surface area contributed by atoms with Crippen molar-refractivity contribution in [3.63, 3.8) is 0 Å². The fourth-order valence-corrected chi connectivity index (χ4v) is 4.25. The van der Waals surface area contributed by atoms with E-state index in [0.717, 1.165) is 12.1 Å². The molecule has 2 heterocycles. The number of nitrogens with one attached hydrogen (secondary N) is 2. The maximum Gasteiger partial charge on any atom is 0.232 e. The van der Waals surface area contributed by atoms with Gasteiger partial charge in [0.25, 0.3) is 0 Å². The third kappa shape index (κ3) is 4.91. The van der Waals surface area contributed by atoms with Crippen LogP contribution in [-0.2, 0) is 16.4 Å². The van der Waals surface area contributed by atoms with E-state index in [1.54, 1.807) is 19.2 Å². The molecule has 0 unspecified atom stereocenters. The number of sulfonamides is 1. The summed E-state index contributed by atoms with van der Waals surface area (Å²) >= 11 is 0. The van der Waals surface area contributed by atoms with Crippen LogP contribution in [0, 0.1) is 11.6 Å². The summed E-state index contributed by atoms with van der Waals surface area (Å²) in [4.78, 5) is 20.0. The van der Waals surface area contributed by atoms with Crippen molar-refractivity contribution in [3.05, 3.63) is 71.3 Å². The first-order chi connectivity index (χ1) is 14.6. The summed E-state index contributed by atoms with van der Waals surface area (Å²) in [6.45, 7) is 5.06. The van der Waals surface area contributed by atoms with E-state index in [-0.39, 0.29) is 17.1 Å². The van der Waals surface area contributed by atoms with Crippen LogP contribution in [0.5, 0.6) is 0 Å². The molecule has 3 rings (SSSR count). The number of aromatic amines is 1. The molecule has 0 aliphatic heterocycles. The number of allylic oxidation sites excluding steroid dienone is 1. The average Bonchev–Trinajstić information content (AvgIpc) is 3.11. The van der Waals surface area contributed by atoms with Gasteiger partial charge in [0.05, 0.1) is 22.8 Å². The third-order valence-corrected chi connectivity index (χ3v) is 6.07. The summed E-state index contributed by atoms with van der Waals surface area (Å²) in [5.74, 6) is -3.61. The molecular weight excluding hydrogens is 428 g/mol. The predicted octanol–water partition coefficient (Wildman–Crippen LogP) is 4.23. The standard InChI is InChI=1S/C21H21F2N3O4S/c1-3-8-31(29,30)26-17-7-6-16(22)18(19(17)23)20(28)15-11-25-21-14(15)9-13(10-24-21)5-4-12(2)27/h6-7,9-11,26-27H,2-5,8H2,1H3,(H,24,25). The van der Waals surface area contributed by atoms with Crippen molar-refractivity contribution in [2.24, 2.45) is 0 Å². The Morgan fingerprint density at radius 3 is 2.74 bits per heavy atom. The third-order valence-electron chi connectivity index (χ3n) is 4.59. The number of aryl methyl sites for hydroxylation is 1. The average molecular weight is 449 g/mol. The summed E-state index contributed by atoms with van der Waals surface area (Å²) in [7, 11) is -3.84. The van der Waals surface area contributed by atoms with Gasteiger partial charge in [-0.05, 0) is 36.6 Å². The van der Waals surface area contributed by atoms with Crippen LogP contribution in [0.4, 0.5) is 14.5 Å². The van der Waals surface area contributed by atoms with Gasteiger partial charge in [-0.1, -0.05) is 13.5 Å². The zero-order valence-corrected chi connectivity index (χ0v) is 17.5. The molecule has 3 N–H and O–H groups in total. The molecule has 0 spiro atoms. The summed E-state index contributed by atoms with van der Waals surface area (Å²) in [5, 5.41) is 9.62. The van der Waals surface area contributed by atoms with Gasteiger partial charge in [0.15, 0.2) is 5.82 Å². The zero-order valence-electron chi connectivity index (χ0n) is 16.7. The highest BCUT2D eigenvalue weighted by Crippen LogP contribution is 2.28. The second kappa shape index (κ2) is 8.84. The van der Waals surface area contributed by atoms with E-state index >= 15 is 0 Å². The zero-order chi connectivity index (χ0) is 22.8. The minimum Gasteiger partial charge on any atom is -0.513 e. The lowest BCUT2D eigenvalue weighted by atomic mass is 10.0. The number of nitrogens with zero attached hydrogens (tertiary/aromatic N) is 1. The molecule has 3 aromatic rings. The topological polar surface area (TPSA) is 112 Å². The summed E-state index contributed by atoms with van der Waals surface area (Å²) in [6.07, 6.45) is 3.86. The number of pyridine rings is 1. The van der Waals surface area contributed by atoms with Crippen molar-refractivity contribution >= 4 is 32.5 Å². The number of benzene rings is 1. The fourth-order valence-electron chi connectivity index (χ4n) is 3.12.